The minimum atomic E-state index is -0.330. The van der Waals surface area contributed by atoms with Crippen LogP contribution >= 0.6 is 0 Å². The van der Waals surface area contributed by atoms with Crippen molar-refractivity contribution in [1.82, 2.24) is 0 Å². The van der Waals surface area contributed by atoms with Gasteiger partial charge in [0, 0.05) is 0 Å². The first kappa shape index (κ1) is 11.2. The van der Waals surface area contributed by atoms with Gasteiger partial charge in [0.1, 0.15) is 5.82 Å². The van der Waals surface area contributed by atoms with E-state index in [0.717, 1.165) is 18.4 Å². The Labute approximate surface area is 84.6 Å². The number of aliphatic hydroxyl groups is 1. The van der Waals surface area contributed by atoms with E-state index < -0.39 is 0 Å². The highest BCUT2D eigenvalue weighted by atomic mass is 19.1. The number of benzene rings is 1. The van der Waals surface area contributed by atoms with Crippen molar-refractivity contribution in [2.45, 2.75) is 32.8 Å². The van der Waals surface area contributed by atoms with Gasteiger partial charge in [0.15, 0.2) is 0 Å². The molecule has 1 N–H and O–H groups in total. The van der Waals surface area contributed by atoms with Gasteiger partial charge in [-0.2, -0.15) is 0 Å². The molecule has 0 aliphatic carbocycles. The molecule has 0 aliphatic heterocycles. The third-order valence-electron chi connectivity index (χ3n) is 2.59. The van der Waals surface area contributed by atoms with E-state index in [-0.39, 0.29) is 17.8 Å². The molecule has 0 radical (unpaired) electrons. The number of hydrogen-bond acceptors (Lipinski definition) is 1. The Kier molecular flexibility index (Phi) is 4.08. The lowest BCUT2D eigenvalue weighted by Crippen LogP contribution is -2.18. The van der Waals surface area contributed by atoms with Crippen LogP contribution in [0.2, 0.25) is 0 Å². The van der Waals surface area contributed by atoms with Gasteiger partial charge in [-0.3, -0.25) is 0 Å². The summed E-state index contributed by atoms with van der Waals surface area (Å²) in [6.45, 7) is 3.82. The molecule has 1 aromatic carbocycles. The fourth-order valence-electron chi connectivity index (χ4n) is 1.62. The SMILES string of the molecule is CCC(Cc1cccc(F)c1)C(C)O. The van der Waals surface area contributed by atoms with Crippen molar-refractivity contribution >= 4 is 0 Å². The van der Waals surface area contributed by atoms with Gasteiger partial charge < -0.3 is 5.11 Å². The second-order valence-corrected chi connectivity index (χ2v) is 3.74. The number of halogens is 1. The summed E-state index contributed by atoms with van der Waals surface area (Å²) in [5, 5.41) is 9.45. The molecular weight excluding hydrogens is 179 g/mol. The van der Waals surface area contributed by atoms with Crippen LogP contribution in [0.1, 0.15) is 25.8 Å². The first-order valence-corrected chi connectivity index (χ1v) is 5.06. The fourth-order valence-corrected chi connectivity index (χ4v) is 1.62. The molecule has 0 saturated carbocycles. The van der Waals surface area contributed by atoms with Crippen molar-refractivity contribution in [1.29, 1.82) is 0 Å². The Morgan fingerprint density at radius 1 is 1.43 bits per heavy atom. The fraction of sp³-hybridized carbons (Fsp3) is 0.500. The lowest BCUT2D eigenvalue weighted by Gasteiger charge is -2.17. The Hall–Kier alpha value is -0.890. The molecular formula is C12H17FO. The number of aliphatic hydroxyl groups excluding tert-OH is 1. The molecule has 1 aromatic rings. The van der Waals surface area contributed by atoms with Gasteiger partial charge in [0.05, 0.1) is 6.10 Å². The molecule has 14 heavy (non-hydrogen) atoms. The topological polar surface area (TPSA) is 20.2 Å². The average Bonchev–Trinajstić information content (AvgIpc) is 2.14. The standard InChI is InChI=1S/C12H17FO/c1-3-11(9(2)14)7-10-5-4-6-12(13)8-10/h4-6,8-9,11,14H,3,7H2,1-2H3. The Morgan fingerprint density at radius 2 is 2.14 bits per heavy atom. The smallest absolute Gasteiger partial charge is 0.123 e. The summed E-state index contributed by atoms with van der Waals surface area (Å²) >= 11 is 0. The van der Waals surface area contributed by atoms with E-state index in [9.17, 15) is 9.50 Å². The second-order valence-electron chi connectivity index (χ2n) is 3.74. The molecule has 0 heterocycles. The zero-order valence-electron chi connectivity index (χ0n) is 8.70. The lowest BCUT2D eigenvalue weighted by atomic mass is 9.92. The monoisotopic (exact) mass is 196 g/mol. The molecule has 0 aromatic heterocycles. The third kappa shape index (κ3) is 3.11. The van der Waals surface area contributed by atoms with Crippen LogP contribution < -0.4 is 0 Å². The highest BCUT2D eigenvalue weighted by molar-refractivity contribution is 5.16. The highest BCUT2D eigenvalue weighted by Gasteiger charge is 2.13. The molecule has 0 bridgehead atoms. The van der Waals surface area contributed by atoms with Gasteiger partial charge in [-0.25, -0.2) is 4.39 Å². The van der Waals surface area contributed by atoms with E-state index in [2.05, 4.69) is 0 Å². The molecule has 1 nitrogen and oxygen atoms in total. The first-order valence-electron chi connectivity index (χ1n) is 5.06. The van der Waals surface area contributed by atoms with Crippen LogP contribution in [0.5, 0.6) is 0 Å². The number of rotatable bonds is 4. The van der Waals surface area contributed by atoms with E-state index in [1.807, 2.05) is 13.0 Å². The summed E-state index contributed by atoms with van der Waals surface area (Å²) in [6.07, 6.45) is 1.32. The van der Waals surface area contributed by atoms with Gasteiger partial charge in [-0.05, 0) is 37.0 Å². The molecule has 2 unspecified atom stereocenters. The van der Waals surface area contributed by atoms with E-state index in [1.165, 1.54) is 12.1 Å². The summed E-state index contributed by atoms with van der Waals surface area (Å²) in [5.74, 6) is 0.0137. The van der Waals surface area contributed by atoms with Crippen LogP contribution in [0, 0.1) is 11.7 Å². The summed E-state index contributed by atoms with van der Waals surface area (Å²) in [7, 11) is 0. The van der Waals surface area contributed by atoms with Crippen molar-refractivity contribution in [3.63, 3.8) is 0 Å². The van der Waals surface area contributed by atoms with Crippen molar-refractivity contribution in [2.75, 3.05) is 0 Å². The van der Waals surface area contributed by atoms with Crippen LogP contribution in [-0.2, 0) is 6.42 Å². The van der Waals surface area contributed by atoms with Crippen molar-refractivity contribution in [3.8, 4) is 0 Å². The summed E-state index contributed by atoms with van der Waals surface area (Å²) in [5.41, 5.74) is 0.956. The minimum Gasteiger partial charge on any atom is -0.393 e. The Bertz CT molecular complexity index is 283. The van der Waals surface area contributed by atoms with Gasteiger partial charge in [0.2, 0.25) is 0 Å². The van der Waals surface area contributed by atoms with Crippen molar-refractivity contribution in [3.05, 3.63) is 35.6 Å². The number of hydrogen-bond donors (Lipinski definition) is 1. The predicted octanol–water partition coefficient (Wildman–Crippen LogP) is 2.78. The zero-order chi connectivity index (χ0) is 10.6. The van der Waals surface area contributed by atoms with Crippen molar-refractivity contribution < 1.29 is 9.50 Å². The predicted molar refractivity (Wildman–Crippen MR) is 55.6 cm³/mol. The van der Waals surface area contributed by atoms with Gasteiger partial charge >= 0.3 is 0 Å². The third-order valence-corrected chi connectivity index (χ3v) is 2.59. The average molecular weight is 196 g/mol. The van der Waals surface area contributed by atoms with Gasteiger partial charge in [-0.1, -0.05) is 25.5 Å². The molecule has 2 atom stereocenters. The van der Waals surface area contributed by atoms with Gasteiger partial charge in [-0.15, -0.1) is 0 Å². The molecule has 2 heteroatoms. The first-order chi connectivity index (χ1) is 6.63. The Balaban J connectivity index is 2.67. The van der Waals surface area contributed by atoms with E-state index in [1.54, 1.807) is 13.0 Å². The zero-order valence-corrected chi connectivity index (χ0v) is 8.70. The quantitative estimate of drug-likeness (QED) is 0.785. The minimum absolute atomic E-state index is 0.206. The van der Waals surface area contributed by atoms with Crippen LogP contribution in [-0.4, -0.2) is 11.2 Å². The van der Waals surface area contributed by atoms with Crippen LogP contribution in [0.15, 0.2) is 24.3 Å². The van der Waals surface area contributed by atoms with Crippen LogP contribution in [0.3, 0.4) is 0 Å². The molecule has 78 valence electrons. The maximum Gasteiger partial charge on any atom is 0.123 e. The second kappa shape index (κ2) is 5.11. The molecule has 0 saturated heterocycles. The van der Waals surface area contributed by atoms with Crippen LogP contribution in [0.25, 0.3) is 0 Å². The maximum atomic E-state index is 12.9. The van der Waals surface area contributed by atoms with Crippen LogP contribution in [0.4, 0.5) is 4.39 Å². The van der Waals surface area contributed by atoms with E-state index in [4.69, 9.17) is 0 Å². The molecule has 0 spiro atoms. The van der Waals surface area contributed by atoms with Gasteiger partial charge in [0.25, 0.3) is 0 Å². The normalized spacial score (nSPS) is 15.1. The lowest BCUT2D eigenvalue weighted by molar-refractivity contribution is 0.123. The highest BCUT2D eigenvalue weighted by Crippen LogP contribution is 2.16. The molecule has 0 amide bonds. The maximum absolute atomic E-state index is 12.9. The molecule has 0 fully saturated rings. The summed E-state index contributed by atoms with van der Waals surface area (Å²) in [6, 6.07) is 6.57. The largest absolute Gasteiger partial charge is 0.393 e. The van der Waals surface area contributed by atoms with E-state index in [0.29, 0.717) is 0 Å². The summed E-state index contributed by atoms with van der Waals surface area (Å²) in [4.78, 5) is 0. The van der Waals surface area contributed by atoms with E-state index >= 15 is 0 Å². The molecule has 0 aliphatic rings. The van der Waals surface area contributed by atoms with Crippen molar-refractivity contribution in [2.24, 2.45) is 5.92 Å². The summed E-state index contributed by atoms with van der Waals surface area (Å²) < 4.78 is 12.9. The Morgan fingerprint density at radius 3 is 2.64 bits per heavy atom. The molecule has 1 rings (SSSR count).